The lowest BCUT2D eigenvalue weighted by molar-refractivity contribution is -0.274. The molecule has 0 fully saturated rings. The Kier molecular flexibility index (Phi) is 5.01. The van der Waals surface area contributed by atoms with E-state index in [2.05, 4.69) is 4.74 Å². The monoisotopic (exact) mass is 314 g/mol. The molecule has 112 valence electrons. The average molecular weight is 314 g/mol. The normalized spacial score (nSPS) is 11.2. The topological polar surface area (TPSA) is 18.5 Å². The molecule has 2 aromatic carbocycles. The first kappa shape index (κ1) is 15.6. The van der Waals surface area contributed by atoms with Gasteiger partial charge in [-0.3, -0.25) is 0 Å². The molecule has 2 aromatic rings. The maximum atomic E-state index is 12.1. The lowest BCUT2D eigenvalue weighted by atomic mass is 10.2. The quantitative estimate of drug-likeness (QED) is 0.732. The Morgan fingerprint density at radius 2 is 1.67 bits per heavy atom. The third kappa shape index (κ3) is 4.90. The highest BCUT2D eigenvalue weighted by atomic mass is 32.2. The number of methoxy groups -OCH3 is 1. The van der Waals surface area contributed by atoms with Crippen LogP contribution in [0.25, 0.3) is 0 Å². The summed E-state index contributed by atoms with van der Waals surface area (Å²) >= 11 is 1.56. The van der Waals surface area contributed by atoms with Crippen LogP contribution in [-0.4, -0.2) is 13.5 Å². The van der Waals surface area contributed by atoms with E-state index in [0.717, 1.165) is 16.2 Å². The van der Waals surface area contributed by atoms with Crippen LogP contribution in [0.2, 0.25) is 0 Å². The molecule has 0 amide bonds. The number of alkyl halides is 3. The van der Waals surface area contributed by atoms with Crippen LogP contribution in [0.4, 0.5) is 13.2 Å². The molecule has 0 aromatic heterocycles. The van der Waals surface area contributed by atoms with Gasteiger partial charge in [-0.15, -0.1) is 24.9 Å². The molecule has 0 saturated carbocycles. The predicted molar refractivity (Wildman–Crippen MR) is 75.7 cm³/mol. The molecule has 2 nitrogen and oxygen atoms in total. The van der Waals surface area contributed by atoms with Crippen LogP contribution in [0.3, 0.4) is 0 Å². The van der Waals surface area contributed by atoms with Crippen molar-refractivity contribution in [3.8, 4) is 11.5 Å². The SMILES string of the molecule is COc1ccccc1SCc1ccc(OC(F)(F)F)cc1. The number of benzene rings is 2. The number of thioether (sulfide) groups is 1. The van der Waals surface area contributed by atoms with Crippen molar-refractivity contribution >= 4 is 11.8 Å². The van der Waals surface area contributed by atoms with Gasteiger partial charge in [0, 0.05) is 10.6 Å². The van der Waals surface area contributed by atoms with Crippen LogP contribution in [0, 0.1) is 0 Å². The lowest BCUT2D eigenvalue weighted by Gasteiger charge is -2.10. The Bertz CT molecular complexity index is 582. The summed E-state index contributed by atoms with van der Waals surface area (Å²) in [5, 5.41) is 0. The van der Waals surface area contributed by atoms with E-state index in [4.69, 9.17) is 4.74 Å². The highest BCUT2D eigenvalue weighted by molar-refractivity contribution is 7.98. The molecular weight excluding hydrogens is 301 g/mol. The van der Waals surface area contributed by atoms with E-state index in [1.165, 1.54) is 12.1 Å². The van der Waals surface area contributed by atoms with E-state index in [1.807, 2.05) is 24.3 Å². The molecule has 0 saturated heterocycles. The fourth-order valence-electron chi connectivity index (χ4n) is 1.69. The Morgan fingerprint density at radius 1 is 1.00 bits per heavy atom. The van der Waals surface area contributed by atoms with Gasteiger partial charge in [0.25, 0.3) is 0 Å². The van der Waals surface area contributed by atoms with Gasteiger partial charge in [0.15, 0.2) is 0 Å². The molecule has 0 unspecified atom stereocenters. The first-order chi connectivity index (χ1) is 9.98. The van der Waals surface area contributed by atoms with E-state index in [-0.39, 0.29) is 5.75 Å². The lowest BCUT2D eigenvalue weighted by Crippen LogP contribution is -2.16. The number of hydrogen-bond acceptors (Lipinski definition) is 3. The van der Waals surface area contributed by atoms with E-state index < -0.39 is 6.36 Å². The Balaban J connectivity index is 1.98. The number of para-hydroxylation sites is 1. The fourth-order valence-corrected chi connectivity index (χ4v) is 2.67. The maximum Gasteiger partial charge on any atom is 0.573 e. The van der Waals surface area contributed by atoms with Crippen molar-refractivity contribution in [2.24, 2.45) is 0 Å². The summed E-state index contributed by atoms with van der Waals surface area (Å²) in [6.45, 7) is 0. The van der Waals surface area contributed by atoms with Crippen LogP contribution < -0.4 is 9.47 Å². The van der Waals surface area contributed by atoms with Crippen LogP contribution in [0.15, 0.2) is 53.4 Å². The van der Waals surface area contributed by atoms with Crippen molar-refractivity contribution in [3.63, 3.8) is 0 Å². The Hall–Kier alpha value is -1.82. The molecule has 2 rings (SSSR count). The second-order valence-corrected chi connectivity index (χ2v) is 5.15. The van der Waals surface area contributed by atoms with E-state index in [1.54, 1.807) is 31.0 Å². The highest BCUT2D eigenvalue weighted by Gasteiger charge is 2.30. The zero-order chi connectivity index (χ0) is 15.3. The second kappa shape index (κ2) is 6.76. The summed E-state index contributed by atoms with van der Waals surface area (Å²) in [4.78, 5) is 0.982. The molecule has 21 heavy (non-hydrogen) atoms. The number of ether oxygens (including phenoxy) is 2. The van der Waals surface area contributed by atoms with Gasteiger partial charge in [-0.2, -0.15) is 0 Å². The average Bonchev–Trinajstić information content (AvgIpc) is 2.45. The minimum atomic E-state index is -4.66. The molecule has 6 heteroatoms. The van der Waals surface area contributed by atoms with E-state index in [0.29, 0.717) is 5.75 Å². The molecule has 0 bridgehead atoms. The van der Waals surface area contributed by atoms with Gasteiger partial charge in [0.05, 0.1) is 7.11 Å². The van der Waals surface area contributed by atoms with Gasteiger partial charge in [-0.25, -0.2) is 0 Å². The molecule has 0 spiro atoms. The smallest absolute Gasteiger partial charge is 0.496 e. The third-order valence-electron chi connectivity index (χ3n) is 2.62. The molecule has 0 atom stereocenters. The van der Waals surface area contributed by atoms with Crippen molar-refractivity contribution in [1.82, 2.24) is 0 Å². The predicted octanol–water partition coefficient (Wildman–Crippen LogP) is 4.89. The Morgan fingerprint density at radius 3 is 2.29 bits per heavy atom. The van der Waals surface area contributed by atoms with Crippen LogP contribution in [0.5, 0.6) is 11.5 Å². The maximum absolute atomic E-state index is 12.1. The number of halogens is 3. The third-order valence-corrected chi connectivity index (χ3v) is 3.75. The number of hydrogen-bond donors (Lipinski definition) is 0. The van der Waals surface area contributed by atoms with Crippen molar-refractivity contribution in [2.45, 2.75) is 17.0 Å². The van der Waals surface area contributed by atoms with Crippen LogP contribution >= 0.6 is 11.8 Å². The summed E-state index contributed by atoms with van der Waals surface area (Å²) in [5.41, 5.74) is 0.903. The highest BCUT2D eigenvalue weighted by Crippen LogP contribution is 2.31. The molecule has 0 aliphatic heterocycles. The molecule has 0 heterocycles. The van der Waals surface area contributed by atoms with Gasteiger partial charge in [-0.1, -0.05) is 24.3 Å². The minimum absolute atomic E-state index is 0.214. The van der Waals surface area contributed by atoms with Gasteiger partial charge < -0.3 is 9.47 Å². The zero-order valence-corrected chi connectivity index (χ0v) is 12.0. The molecule has 0 aliphatic carbocycles. The van der Waals surface area contributed by atoms with Gasteiger partial charge in [0.2, 0.25) is 0 Å². The summed E-state index contributed by atoms with van der Waals surface area (Å²) in [7, 11) is 1.60. The standard InChI is InChI=1S/C15H13F3O2S/c1-19-13-4-2-3-5-14(13)21-10-11-6-8-12(9-7-11)20-15(16,17)18/h2-9H,10H2,1H3. The fraction of sp³-hybridized carbons (Fsp3) is 0.200. The summed E-state index contributed by atoms with van der Waals surface area (Å²) in [6, 6.07) is 13.4. The van der Waals surface area contributed by atoms with Gasteiger partial charge in [-0.05, 0) is 29.8 Å². The summed E-state index contributed by atoms with van der Waals surface area (Å²) in [5.74, 6) is 1.19. The van der Waals surface area contributed by atoms with Crippen molar-refractivity contribution in [1.29, 1.82) is 0 Å². The van der Waals surface area contributed by atoms with Crippen molar-refractivity contribution in [2.75, 3.05) is 7.11 Å². The van der Waals surface area contributed by atoms with Gasteiger partial charge >= 0.3 is 6.36 Å². The van der Waals surface area contributed by atoms with E-state index >= 15 is 0 Å². The van der Waals surface area contributed by atoms with E-state index in [9.17, 15) is 13.2 Å². The first-order valence-corrected chi connectivity index (χ1v) is 7.07. The van der Waals surface area contributed by atoms with Gasteiger partial charge in [0.1, 0.15) is 11.5 Å². The summed E-state index contributed by atoms with van der Waals surface area (Å²) < 4.78 is 45.2. The van der Waals surface area contributed by atoms with Crippen molar-refractivity contribution < 1.29 is 22.6 Å². The molecule has 0 radical (unpaired) electrons. The van der Waals surface area contributed by atoms with Crippen LogP contribution in [-0.2, 0) is 5.75 Å². The summed E-state index contributed by atoms with van der Waals surface area (Å²) in [6.07, 6.45) is -4.66. The molecule has 0 N–H and O–H groups in total. The molecule has 0 aliphatic rings. The van der Waals surface area contributed by atoms with Crippen molar-refractivity contribution in [3.05, 3.63) is 54.1 Å². The minimum Gasteiger partial charge on any atom is -0.496 e. The largest absolute Gasteiger partial charge is 0.573 e. The zero-order valence-electron chi connectivity index (χ0n) is 11.2. The van der Waals surface area contributed by atoms with Crippen LogP contribution in [0.1, 0.15) is 5.56 Å². The Labute approximate surface area is 124 Å². The second-order valence-electron chi connectivity index (χ2n) is 4.13. The number of rotatable bonds is 5. The molecular formula is C15H13F3O2S. The first-order valence-electron chi connectivity index (χ1n) is 6.08.